The Balaban J connectivity index is 0.00000256. The van der Waals surface area contributed by atoms with Gasteiger partial charge in [0, 0.05) is 56.4 Å². The number of aromatic amines is 1. The van der Waals surface area contributed by atoms with Crippen LogP contribution in [0.5, 0.6) is 0 Å². The summed E-state index contributed by atoms with van der Waals surface area (Å²) in [5.41, 5.74) is 3.74. The summed E-state index contributed by atoms with van der Waals surface area (Å²) in [6, 6.07) is 11.9. The first-order valence-electron chi connectivity index (χ1n) is 10.0. The van der Waals surface area contributed by atoms with E-state index in [0.29, 0.717) is 18.8 Å². The summed E-state index contributed by atoms with van der Waals surface area (Å²) in [7, 11) is 1.81. The van der Waals surface area contributed by atoms with Crippen LogP contribution in [0.1, 0.15) is 21.8 Å². The summed E-state index contributed by atoms with van der Waals surface area (Å²) in [6.07, 6.45) is 2.45. The van der Waals surface area contributed by atoms with Gasteiger partial charge in [-0.15, -0.1) is 24.0 Å². The van der Waals surface area contributed by atoms with Crippen molar-refractivity contribution in [1.82, 2.24) is 20.1 Å². The predicted molar refractivity (Wildman–Crippen MR) is 130 cm³/mol. The van der Waals surface area contributed by atoms with Gasteiger partial charge in [-0.3, -0.25) is 9.79 Å². The minimum atomic E-state index is -0.0487. The standard InChI is InChI=1S/C22H27N5O2.HI/c1-16-17(18-6-3-4-7-19(18)25-16)9-10-24-22(23-2)27-13-11-26(12-14-27)21(28)20-8-5-15-29-20;/h3-8,15,25H,9-14H2,1-2H3,(H,23,24);1H. The van der Waals surface area contributed by atoms with Gasteiger partial charge in [-0.1, -0.05) is 18.2 Å². The van der Waals surface area contributed by atoms with Gasteiger partial charge in [-0.2, -0.15) is 0 Å². The van der Waals surface area contributed by atoms with Crippen LogP contribution >= 0.6 is 24.0 Å². The number of aliphatic imine (C=N–C) groups is 1. The normalized spacial score (nSPS) is 14.7. The number of H-pyrrole nitrogens is 1. The van der Waals surface area contributed by atoms with Crippen molar-refractivity contribution in [3.05, 3.63) is 59.7 Å². The zero-order chi connectivity index (χ0) is 20.2. The third-order valence-electron chi connectivity index (χ3n) is 5.50. The number of halogens is 1. The first-order chi connectivity index (χ1) is 14.2. The van der Waals surface area contributed by atoms with E-state index in [1.807, 2.05) is 4.90 Å². The fraction of sp³-hybridized carbons (Fsp3) is 0.364. The number of hydrogen-bond acceptors (Lipinski definition) is 3. The molecule has 0 atom stereocenters. The highest BCUT2D eigenvalue weighted by atomic mass is 127. The molecule has 1 aromatic carbocycles. The molecule has 0 spiro atoms. The Morgan fingerprint density at radius 2 is 1.87 bits per heavy atom. The summed E-state index contributed by atoms with van der Waals surface area (Å²) >= 11 is 0. The Kier molecular flexibility index (Phi) is 7.41. The van der Waals surface area contributed by atoms with Crippen molar-refractivity contribution in [3.63, 3.8) is 0 Å². The maximum Gasteiger partial charge on any atom is 0.289 e. The first kappa shape index (κ1) is 22.2. The topological polar surface area (TPSA) is 76.9 Å². The Labute approximate surface area is 193 Å². The molecule has 1 aliphatic heterocycles. The lowest BCUT2D eigenvalue weighted by molar-refractivity contribution is 0.0658. The monoisotopic (exact) mass is 521 g/mol. The van der Waals surface area contributed by atoms with Crippen molar-refractivity contribution in [2.75, 3.05) is 39.8 Å². The number of furan rings is 1. The average Bonchev–Trinajstić information content (AvgIpc) is 3.39. The van der Waals surface area contributed by atoms with Crippen molar-refractivity contribution in [3.8, 4) is 0 Å². The molecule has 7 nitrogen and oxygen atoms in total. The van der Waals surface area contributed by atoms with Crippen molar-refractivity contribution in [1.29, 1.82) is 0 Å². The molecule has 30 heavy (non-hydrogen) atoms. The highest BCUT2D eigenvalue weighted by Crippen LogP contribution is 2.22. The number of fused-ring (bicyclic) bond motifs is 1. The minimum Gasteiger partial charge on any atom is -0.459 e. The molecule has 0 unspecified atom stereocenters. The van der Waals surface area contributed by atoms with Gasteiger partial charge in [0.05, 0.1) is 6.26 Å². The summed E-state index contributed by atoms with van der Waals surface area (Å²) in [4.78, 5) is 24.3. The summed E-state index contributed by atoms with van der Waals surface area (Å²) < 4.78 is 5.23. The third kappa shape index (κ3) is 4.63. The van der Waals surface area contributed by atoms with E-state index in [2.05, 4.69) is 51.4 Å². The molecule has 1 amide bonds. The minimum absolute atomic E-state index is 0. The Bertz CT molecular complexity index is 1000. The third-order valence-corrected chi connectivity index (χ3v) is 5.50. The number of rotatable bonds is 4. The molecular weight excluding hydrogens is 493 g/mol. The number of carbonyl (C=O) groups is 1. The van der Waals surface area contributed by atoms with Crippen LogP contribution in [0, 0.1) is 6.92 Å². The largest absolute Gasteiger partial charge is 0.459 e. The predicted octanol–water partition coefficient (Wildman–Crippen LogP) is 3.26. The maximum absolute atomic E-state index is 12.4. The molecular formula is C22H28IN5O2. The zero-order valence-electron chi connectivity index (χ0n) is 17.4. The van der Waals surface area contributed by atoms with E-state index in [-0.39, 0.29) is 29.9 Å². The number of para-hydroxylation sites is 1. The smallest absolute Gasteiger partial charge is 0.289 e. The van der Waals surface area contributed by atoms with E-state index < -0.39 is 0 Å². The van der Waals surface area contributed by atoms with E-state index >= 15 is 0 Å². The number of aromatic nitrogens is 1. The zero-order valence-corrected chi connectivity index (χ0v) is 19.7. The van der Waals surface area contributed by atoms with Gasteiger partial charge in [0.1, 0.15) is 0 Å². The van der Waals surface area contributed by atoms with Crippen LogP contribution in [0.3, 0.4) is 0 Å². The molecule has 0 aliphatic carbocycles. The van der Waals surface area contributed by atoms with Crippen LogP contribution in [0.25, 0.3) is 10.9 Å². The summed E-state index contributed by atoms with van der Waals surface area (Å²) in [6.45, 7) is 5.74. The lowest BCUT2D eigenvalue weighted by Crippen LogP contribution is -2.54. The molecule has 8 heteroatoms. The number of aryl methyl sites for hydroxylation is 1. The molecule has 4 rings (SSSR count). The van der Waals surface area contributed by atoms with E-state index in [1.165, 1.54) is 28.4 Å². The number of amides is 1. The molecule has 160 valence electrons. The number of nitrogens with one attached hydrogen (secondary N) is 2. The molecule has 3 aromatic rings. The Morgan fingerprint density at radius 1 is 1.13 bits per heavy atom. The van der Waals surface area contributed by atoms with Crippen LogP contribution in [-0.4, -0.2) is 66.4 Å². The second-order valence-corrected chi connectivity index (χ2v) is 7.25. The molecule has 0 bridgehead atoms. The van der Waals surface area contributed by atoms with E-state index in [4.69, 9.17) is 4.42 Å². The Morgan fingerprint density at radius 3 is 2.57 bits per heavy atom. The lowest BCUT2D eigenvalue weighted by Gasteiger charge is -2.36. The number of benzene rings is 1. The van der Waals surface area contributed by atoms with Gasteiger partial charge in [-0.05, 0) is 37.1 Å². The van der Waals surface area contributed by atoms with Crippen molar-refractivity contribution in [2.45, 2.75) is 13.3 Å². The van der Waals surface area contributed by atoms with Gasteiger partial charge in [0.15, 0.2) is 11.7 Å². The molecule has 2 N–H and O–H groups in total. The first-order valence-corrected chi connectivity index (χ1v) is 10.0. The van der Waals surface area contributed by atoms with Crippen LogP contribution in [-0.2, 0) is 6.42 Å². The molecule has 1 fully saturated rings. The highest BCUT2D eigenvalue weighted by molar-refractivity contribution is 14.0. The van der Waals surface area contributed by atoms with Crippen LogP contribution in [0.15, 0.2) is 52.1 Å². The summed E-state index contributed by atoms with van der Waals surface area (Å²) in [5, 5.41) is 4.77. The van der Waals surface area contributed by atoms with Crippen LogP contribution in [0.4, 0.5) is 0 Å². The fourth-order valence-corrected chi connectivity index (χ4v) is 3.97. The van der Waals surface area contributed by atoms with Gasteiger partial charge in [0.25, 0.3) is 5.91 Å². The number of guanidine groups is 1. The van der Waals surface area contributed by atoms with Gasteiger partial charge < -0.3 is 24.5 Å². The number of piperazine rings is 1. The van der Waals surface area contributed by atoms with E-state index in [1.54, 1.807) is 19.2 Å². The molecule has 0 saturated carbocycles. The van der Waals surface area contributed by atoms with E-state index in [0.717, 1.165) is 32.0 Å². The van der Waals surface area contributed by atoms with Crippen molar-refractivity contribution in [2.24, 2.45) is 4.99 Å². The quantitative estimate of drug-likeness (QED) is 0.314. The SMILES string of the molecule is CN=C(NCCc1c(C)[nH]c2ccccc12)N1CCN(C(=O)c2ccco2)CC1.I. The molecule has 1 saturated heterocycles. The number of hydrogen-bond donors (Lipinski definition) is 2. The molecule has 0 radical (unpaired) electrons. The number of nitrogens with zero attached hydrogens (tertiary/aromatic N) is 3. The Hall–Kier alpha value is -2.49. The van der Waals surface area contributed by atoms with Gasteiger partial charge in [-0.25, -0.2) is 0 Å². The lowest BCUT2D eigenvalue weighted by atomic mass is 10.1. The highest BCUT2D eigenvalue weighted by Gasteiger charge is 2.25. The van der Waals surface area contributed by atoms with E-state index in [9.17, 15) is 4.79 Å². The molecule has 2 aromatic heterocycles. The van der Waals surface area contributed by atoms with Gasteiger partial charge in [0.2, 0.25) is 0 Å². The van der Waals surface area contributed by atoms with Crippen LogP contribution < -0.4 is 5.32 Å². The fourth-order valence-electron chi connectivity index (χ4n) is 3.97. The van der Waals surface area contributed by atoms with Crippen molar-refractivity contribution < 1.29 is 9.21 Å². The second kappa shape index (κ2) is 10.0. The van der Waals surface area contributed by atoms with Crippen molar-refractivity contribution >= 4 is 46.7 Å². The number of carbonyl (C=O) groups excluding carboxylic acids is 1. The maximum atomic E-state index is 12.4. The van der Waals surface area contributed by atoms with Crippen LogP contribution in [0.2, 0.25) is 0 Å². The molecule has 1 aliphatic rings. The summed E-state index contributed by atoms with van der Waals surface area (Å²) in [5.74, 6) is 1.23. The molecule has 3 heterocycles. The van der Waals surface area contributed by atoms with Gasteiger partial charge >= 0.3 is 0 Å². The second-order valence-electron chi connectivity index (χ2n) is 7.25. The average molecular weight is 521 g/mol.